The van der Waals surface area contributed by atoms with Gasteiger partial charge in [0.2, 0.25) is 0 Å². The molecule has 0 radical (unpaired) electrons. The van der Waals surface area contributed by atoms with Crippen LogP contribution in [0.15, 0.2) is 29.6 Å². The van der Waals surface area contributed by atoms with Crippen LogP contribution >= 0.6 is 11.3 Å². The number of methoxy groups -OCH3 is 2. The number of carbonyl (C=O) groups excluding carboxylic acids is 2. The van der Waals surface area contributed by atoms with Crippen LogP contribution in [0.1, 0.15) is 20.8 Å². The second-order valence-corrected chi connectivity index (χ2v) is 6.21. The van der Waals surface area contributed by atoms with E-state index < -0.39 is 5.97 Å². The van der Waals surface area contributed by atoms with Crippen molar-refractivity contribution in [2.24, 2.45) is 0 Å². The number of amides is 1. The van der Waals surface area contributed by atoms with E-state index in [1.165, 1.54) is 11.3 Å². The number of esters is 1. The Bertz CT molecular complexity index is 741. The van der Waals surface area contributed by atoms with Gasteiger partial charge in [-0.25, -0.2) is 4.79 Å². The summed E-state index contributed by atoms with van der Waals surface area (Å²) in [5, 5.41) is 4.54. The molecule has 1 aromatic carbocycles. The van der Waals surface area contributed by atoms with Crippen molar-refractivity contribution in [1.82, 2.24) is 5.32 Å². The van der Waals surface area contributed by atoms with Crippen LogP contribution in [0.5, 0.6) is 11.5 Å². The zero-order valence-electron chi connectivity index (χ0n) is 14.5. The number of ether oxygens (including phenoxy) is 3. The van der Waals surface area contributed by atoms with Crippen molar-refractivity contribution in [3.63, 3.8) is 0 Å². The lowest BCUT2D eigenvalue weighted by Crippen LogP contribution is -2.30. The lowest BCUT2D eigenvalue weighted by Gasteiger charge is -2.10. The molecule has 1 N–H and O–H groups in total. The van der Waals surface area contributed by atoms with Gasteiger partial charge in [0.15, 0.2) is 18.1 Å². The Kier molecular flexibility index (Phi) is 6.82. The Morgan fingerprint density at radius 1 is 1.12 bits per heavy atom. The molecule has 0 saturated heterocycles. The minimum Gasteiger partial charge on any atom is -0.493 e. The lowest BCUT2D eigenvalue weighted by molar-refractivity contribution is -0.124. The standard InChI is InChI=1S/C18H21NO5S/c1-12-7-9-25-17(12)18(21)24-11-16(20)19-8-6-13-4-5-14(22-2)15(10-13)23-3/h4-5,7,9-10H,6,8,11H2,1-3H3,(H,19,20). The van der Waals surface area contributed by atoms with Crippen molar-refractivity contribution < 1.29 is 23.8 Å². The summed E-state index contributed by atoms with van der Waals surface area (Å²) >= 11 is 1.30. The number of nitrogens with one attached hydrogen (secondary N) is 1. The summed E-state index contributed by atoms with van der Waals surface area (Å²) in [7, 11) is 3.16. The molecule has 0 aliphatic heterocycles. The number of benzene rings is 1. The molecule has 0 spiro atoms. The fraction of sp³-hybridized carbons (Fsp3) is 0.333. The molecule has 1 heterocycles. The number of rotatable bonds is 8. The van der Waals surface area contributed by atoms with Crippen molar-refractivity contribution in [2.45, 2.75) is 13.3 Å². The van der Waals surface area contributed by atoms with Crippen LogP contribution in [0.25, 0.3) is 0 Å². The first kappa shape index (κ1) is 18.8. The van der Waals surface area contributed by atoms with Gasteiger partial charge >= 0.3 is 5.97 Å². The van der Waals surface area contributed by atoms with Crippen LogP contribution < -0.4 is 14.8 Å². The van der Waals surface area contributed by atoms with E-state index >= 15 is 0 Å². The summed E-state index contributed by atoms with van der Waals surface area (Å²) in [6.45, 7) is 1.97. The van der Waals surface area contributed by atoms with E-state index in [0.717, 1.165) is 11.1 Å². The molecule has 1 aromatic heterocycles. The first-order valence-electron chi connectivity index (χ1n) is 7.74. The molecule has 0 aliphatic carbocycles. The summed E-state index contributed by atoms with van der Waals surface area (Å²) in [6.07, 6.45) is 0.629. The second-order valence-electron chi connectivity index (χ2n) is 5.30. The van der Waals surface area contributed by atoms with Gasteiger partial charge in [-0.05, 0) is 48.1 Å². The highest BCUT2D eigenvalue weighted by Gasteiger charge is 2.13. The predicted molar refractivity (Wildman–Crippen MR) is 95.6 cm³/mol. The summed E-state index contributed by atoms with van der Waals surface area (Å²) in [5.74, 6) is 0.503. The third-order valence-corrected chi connectivity index (χ3v) is 4.56. The molecule has 7 heteroatoms. The van der Waals surface area contributed by atoms with Gasteiger partial charge in [-0.3, -0.25) is 4.79 Å². The number of carbonyl (C=O) groups is 2. The number of hydrogen-bond acceptors (Lipinski definition) is 6. The van der Waals surface area contributed by atoms with Crippen LogP contribution in [0.2, 0.25) is 0 Å². The molecule has 6 nitrogen and oxygen atoms in total. The van der Waals surface area contributed by atoms with Gasteiger partial charge < -0.3 is 19.5 Å². The van der Waals surface area contributed by atoms with Crippen LogP contribution in [-0.2, 0) is 16.0 Å². The fourth-order valence-electron chi connectivity index (χ4n) is 2.21. The van der Waals surface area contributed by atoms with E-state index in [4.69, 9.17) is 14.2 Å². The maximum absolute atomic E-state index is 11.8. The highest BCUT2D eigenvalue weighted by Crippen LogP contribution is 2.27. The molecule has 0 saturated carbocycles. The van der Waals surface area contributed by atoms with Crippen LogP contribution in [-0.4, -0.2) is 39.2 Å². The maximum Gasteiger partial charge on any atom is 0.349 e. The van der Waals surface area contributed by atoms with E-state index in [9.17, 15) is 9.59 Å². The van der Waals surface area contributed by atoms with Gasteiger partial charge in [-0.2, -0.15) is 0 Å². The monoisotopic (exact) mass is 363 g/mol. The molecule has 25 heavy (non-hydrogen) atoms. The average molecular weight is 363 g/mol. The van der Waals surface area contributed by atoms with Gasteiger partial charge in [-0.15, -0.1) is 11.3 Å². The zero-order valence-corrected chi connectivity index (χ0v) is 15.3. The number of thiophene rings is 1. The zero-order chi connectivity index (χ0) is 18.2. The third-order valence-electron chi connectivity index (χ3n) is 3.57. The normalized spacial score (nSPS) is 10.2. The largest absolute Gasteiger partial charge is 0.493 e. The van der Waals surface area contributed by atoms with E-state index in [1.807, 2.05) is 36.6 Å². The molecule has 134 valence electrons. The Hall–Kier alpha value is -2.54. The van der Waals surface area contributed by atoms with Gasteiger partial charge in [0.1, 0.15) is 4.88 Å². The molecule has 1 amide bonds. The van der Waals surface area contributed by atoms with Crippen molar-refractivity contribution in [2.75, 3.05) is 27.4 Å². The lowest BCUT2D eigenvalue weighted by atomic mass is 10.1. The molecule has 0 unspecified atom stereocenters. The Labute approximate surface area is 150 Å². The number of hydrogen-bond donors (Lipinski definition) is 1. The minimum atomic E-state index is -0.470. The molecule has 0 fully saturated rings. The van der Waals surface area contributed by atoms with E-state index in [-0.39, 0.29) is 12.5 Å². The van der Waals surface area contributed by atoms with Crippen molar-refractivity contribution >= 4 is 23.2 Å². The highest BCUT2D eigenvalue weighted by molar-refractivity contribution is 7.12. The van der Waals surface area contributed by atoms with Gasteiger partial charge in [0.05, 0.1) is 14.2 Å². The third kappa shape index (κ3) is 5.22. The van der Waals surface area contributed by atoms with E-state index in [2.05, 4.69) is 5.32 Å². The topological polar surface area (TPSA) is 73.9 Å². The molecule has 0 atom stereocenters. The first-order valence-corrected chi connectivity index (χ1v) is 8.62. The molecule has 2 rings (SSSR count). The van der Waals surface area contributed by atoms with Gasteiger partial charge in [0.25, 0.3) is 5.91 Å². The maximum atomic E-state index is 11.8. The van der Waals surface area contributed by atoms with E-state index in [0.29, 0.717) is 29.3 Å². The fourth-order valence-corrected chi connectivity index (χ4v) is 3.03. The molecular formula is C18H21NO5S. The van der Waals surface area contributed by atoms with Gasteiger partial charge in [-0.1, -0.05) is 6.07 Å². The Morgan fingerprint density at radius 3 is 2.52 bits per heavy atom. The minimum absolute atomic E-state index is 0.290. The van der Waals surface area contributed by atoms with Crippen molar-refractivity contribution in [3.8, 4) is 11.5 Å². The van der Waals surface area contributed by atoms with Crippen molar-refractivity contribution in [1.29, 1.82) is 0 Å². The molecule has 2 aromatic rings. The smallest absolute Gasteiger partial charge is 0.349 e. The van der Waals surface area contributed by atoms with Crippen LogP contribution in [0, 0.1) is 6.92 Å². The first-order chi connectivity index (χ1) is 12.0. The van der Waals surface area contributed by atoms with E-state index in [1.54, 1.807) is 14.2 Å². The van der Waals surface area contributed by atoms with Crippen molar-refractivity contribution in [3.05, 3.63) is 45.6 Å². The average Bonchev–Trinajstić information content (AvgIpc) is 3.05. The summed E-state index contributed by atoms with van der Waals surface area (Å²) in [4.78, 5) is 24.2. The highest BCUT2D eigenvalue weighted by atomic mass is 32.1. The summed E-state index contributed by atoms with van der Waals surface area (Å²) in [5.41, 5.74) is 1.85. The second kappa shape index (κ2) is 9.08. The summed E-state index contributed by atoms with van der Waals surface area (Å²) in [6, 6.07) is 7.43. The Morgan fingerprint density at radius 2 is 1.88 bits per heavy atom. The van der Waals surface area contributed by atoms with Crippen LogP contribution in [0.3, 0.4) is 0 Å². The molecular weight excluding hydrogens is 342 g/mol. The van der Waals surface area contributed by atoms with Gasteiger partial charge in [0, 0.05) is 6.54 Å². The number of aryl methyl sites for hydroxylation is 1. The predicted octanol–water partition coefficient (Wildman–Crippen LogP) is 2.59. The van der Waals surface area contributed by atoms with Crippen LogP contribution in [0.4, 0.5) is 0 Å². The Balaban J connectivity index is 1.75. The molecule has 0 bridgehead atoms. The SMILES string of the molecule is COc1ccc(CCNC(=O)COC(=O)c2sccc2C)cc1OC. The quantitative estimate of drug-likeness (QED) is 0.730. The molecule has 0 aliphatic rings. The summed E-state index contributed by atoms with van der Waals surface area (Å²) < 4.78 is 15.5.